The topological polar surface area (TPSA) is 113 Å². The van der Waals surface area contributed by atoms with Gasteiger partial charge < -0.3 is 15.7 Å². The Kier molecular flexibility index (Phi) is 6.62. The normalized spacial score (nSPS) is 18.0. The number of likely N-dealkylation sites (tertiary alicyclic amines) is 2. The molecule has 10 heteroatoms. The van der Waals surface area contributed by atoms with Crippen LogP contribution in [0.5, 0.6) is 0 Å². The Labute approximate surface area is 219 Å². The SMILES string of the molecule is Nc1ncc(-c2cnn(C3CCN(CC(=O)N4CCC(O)CC4)CC3)c2)cc1-c1nc2ccccc2s1. The average Bonchev–Trinajstić information content (AvgIpc) is 3.58. The molecule has 2 fully saturated rings. The van der Waals surface area contributed by atoms with E-state index in [9.17, 15) is 9.90 Å². The number of nitrogens with zero attached hydrogens (tertiary/aromatic N) is 6. The molecule has 0 atom stereocenters. The van der Waals surface area contributed by atoms with Crippen LogP contribution in [0.2, 0.25) is 0 Å². The predicted molar refractivity (Wildman–Crippen MR) is 145 cm³/mol. The van der Waals surface area contributed by atoms with E-state index in [-0.39, 0.29) is 12.0 Å². The molecule has 2 aliphatic rings. The Balaban J connectivity index is 1.10. The third-order valence-electron chi connectivity index (χ3n) is 7.48. The van der Waals surface area contributed by atoms with Gasteiger partial charge in [0, 0.05) is 49.7 Å². The van der Waals surface area contributed by atoms with Crippen LogP contribution in [0.25, 0.3) is 31.9 Å². The summed E-state index contributed by atoms with van der Waals surface area (Å²) in [4.78, 5) is 26.0. The maximum atomic E-state index is 12.7. The maximum absolute atomic E-state index is 12.7. The van der Waals surface area contributed by atoms with E-state index < -0.39 is 0 Å². The van der Waals surface area contributed by atoms with E-state index in [1.54, 1.807) is 17.5 Å². The van der Waals surface area contributed by atoms with Gasteiger partial charge in [0.1, 0.15) is 10.8 Å². The van der Waals surface area contributed by atoms with Crippen molar-refractivity contribution in [2.24, 2.45) is 0 Å². The highest BCUT2D eigenvalue weighted by Crippen LogP contribution is 2.35. The number of hydrogen-bond donors (Lipinski definition) is 2. The van der Waals surface area contributed by atoms with Crippen molar-refractivity contribution < 1.29 is 9.90 Å². The van der Waals surface area contributed by atoms with Crippen molar-refractivity contribution in [3.63, 3.8) is 0 Å². The Morgan fingerprint density at radius 1 is 1.05 bits per heavy atom. The van der Waals surface area contributed by atoms with Crippen LogP contribution in [0.1, 0.15) is 31.7 Å². The van der Waals surface area contributed by atoms with Crippen LogP contribution in [-0.4, -0.2) is 79.4 Å². The van der Waals surface area contributed by atoms with Crippen LogP contribution in [0.4, 0.5) is 5.82 Å². The summed E-state index contributed by atoms with van der Waals surface area (Å²) in [6, 6.07) is 10.4. The molecule has 5 heterocycles. The lowest BCUT2D eigenvalue weighted by atomic mass is 10.0. The molecule has 2 saturated heterocycles. The molecule has 0 spiro atoms. The molecule has 3 N–H and O–H groups in total. The number of benzene rings is 1. The van der Waals surface area contributed by atoms with Crippen LogP contribution < -0.4 is 5.73 Å². The number of nitrogen functional groups attached to an aromatic ring is 1. The van der Waals surface area contributed by atoms with Gasteiger partial charge in [0.15, 0.2) is 0 Å². The first kappa shape index (κ1) is 24.0. The number of amides is 1. The highest BCUT2D eigenvalue weighted by Gasteiger charge is 2.26. The Hall–Kier alpha value is -3.34. The van der Waals surface area contributed by atoms with Gasteiger partial charge in [-0.25, -0.2) is 9.97 Å². The summed E-state index contributed by atoms with van der Waals surface area (Å²) in [5, 5.41) is 15.2. The minimum absolute atomic E-state index is 0.173. The second-order valence-corrected chi connectivity index (χ2v) is 11.0. The maximum Gasteiger partial charge on any atom is 0.236 e. The standard InChI is InChI=1S/C27H31N7O2S/c28-26-22(27-31-23-3-1-2-4-24(23)37-27)13-18(14-29-26)19-15-30-34(16-19)20-5-9-32(10-6-20)17-25(36)33-11-7-21(35)8-12-33/h1-4,13-16,20-21,35H,5-12,17H2,(H2,28,29). The van der Waals surface area contributed by atoms with Gasteiger partial charge in [-0.15, -0.1) is 11.3 Å². The van der Waals surface area contributed by atoms with Crippen LogP contribution in [0.3, 0.4) is 0 Å². The largest absolute Gasteiger partial charge is 0.393 e. The number of para-hydroxylation sites is 1. The van der Waals surface area contributed by atoms with Crippen molar-refractivity contribution in [3.05, 3.63) is 48.9 Å². The fraction of sp³-hybridized carbons (Fsp3) is 0.407. The van der Waals surface area contributed by atoms with E-state index in [0.717, 1.165) is 57.8 Å². The van der Waals surface area contributed by atoms with E-state index in [1.165, 1.54) is 0 Å². The van der Waals surface area contributed by atoms with Gasteiger partial charge in [-0.2, -0.15) is 5.10 Å². The van der Waals surface area contributed by atoms with E-state index in [1.807, 2.05) is 34.0 Å². The molecule has 4 aromatic rings. The van der Waals surface area contributed by atoms with E-state index in [2.05, 4.69) is 33.3 Å². The Morgan fingerprint density at radius 2 is 1.84 bits per heavy atom. The van der Waals surface area contributed by atoms with E-state index in [0.29, 0.717) is 44.3 Å². The van der Waals surface area contributed by atoms with Gasteiger partial charge >= 0.3 is 0 Å². The number of anilines is 1. The zero-order valence-corrected chi connectivity index (χ0v) is 21.5. The molecule has 37 heavy (non-hydrogen) atoms. The minimum atomic E-state index is -0.262. The van der Waals surface area contributed by atoms with Gasteiger partial charge in [0.05, 0.1) is 40.7 Å². The van der Waals surface area contributed by atoms with Crippen molar-refractivity contribution >= 4 is 33.3 Å². The third kappa shape index (κ3) is 5.09. The highest BCUT2D eigenvalue weighted by molar-refractivity contribution is 7.21. The lowest BCUT2D eigenvalue weighted by molar-refractivity contribution is -0.134. The lowest BCUT2D eigenvalue weighted by Crippen LogP contribution is -2.46. The second kappa shape index (κ2) is 10.2. The fourth-order valence-electron chi connectivity index (χ4n) is 5.23. The number of piperidine rings is 2. The summed E-state index contributed by atoms with van der Waals surface area (Å²) in [5.41, 5.74) is 10.0. The van der Waals surface area contributed by atoms with E-state index >= 15 is 0 Å². The number of rotatable bonds is 5. The minimum Gasteiger partial charge on any atom is -0.393 e. The van der Waals surface area contributed by atoms with Crippen LogP contribution >= 0.6 is 11.3 Å². The molecular weight excluding hydrogens is 486 g/mol. The first-order chi connectivity index (χ1) is 18.0. The Bertz CT molecular complexity index is 1370. The third-order valence-corrected chi connectivity index (χ3v) is 8.55. The monoisotopic (exact) mass is 517 g/mol. The molecule has 0 aliphatic carbocycles. The molecule has 0 radical (unpaired) electrons. The highest BCUT2D eigenvalue weighted by atomic mass is 32.1. The number of carbonyl (C=O) groups is 1. The number of fused-ring (bicyclic) bond motifs is 1. The summed E-state index contributed by atoms with van der Waals surface area (Å²) in [7, 11) is 0. The molecule has 9 nitrogen and oxygen atoms in total. The van der Waals surface area contributed by atoms with Gasteiger partial charge in [-0.3, -0.25) is 14.4 Å². The molecule has 0 bridgehead atoms. The molecule has 1 amide bonds. The van der Waals surface area contributed by atoms with Gasteiger partial charge in [0.25, 0.3) is 0 Å². The van der Waals surface area contributed by atoms with Crippen molar-refractivity contribution in [2.45, 2.75) is 37.8 Å². The summed E-state index contributed by atoms with van der Waals surface area (Å²) in [6.45, 7) is 3.51. The van der Waals surface area contributed by atoms with Crippen molar-refractivity contribution in [3.8, 4) is 21.7 Å². The number of thiazole rings is 1. The molecule has 192 valence electrons. The fourth-order valence-corrected chi connectivity index (χ4v) is 6.22. The summed E-state index contributed by atoms with van der Waals surface area (Å²) < 4.78 is 3.17. The summed E-state index contributed by atoms with van der Waals surface area (Å²) >= 11 is 1.61. The molecular formula is C27H31N7O2S. The van der Waals surface area contributed by atoms with Crippen molar-refractivity contribution in [2.75, 3.05) is 38.5 Å². The summed E-state index contributed by atoms with van der Waals surface area (Å²) in [6.07, 6.45) is 8.76. The number of hydrogen-bond acceptors (Lipinski definition) is 8. The average molecular weight is 518 g/mol. The quantitative estimate of drug-likeness (QED) is 0.417. The zero-order chi connectivity index (χ0) is 25.4. The Morgan fingerprint density at radius 3 is 2.62 bits per heavy atom. The van der Waals surface area contributed by atoms with Crippen molar-refractivity contribution in [1.82, 2.24) is 29.5 Å². The molecule has 0 saturated carbocycles. The van der Waals surface area contributed by atoms with Gasteiger partial charge in [-0.05, 0) is 43.9 Å². The number of pyridine rings is 1. The summed E-state index contributed by atoms with van der Waals surface area (Å²) in [5.74, 6) is 0.643. The lowest BCUT2D eigenvalue weighted by Gasteiger charge is -2.35. The number of aliphatic hydroxyl groups excluding tert-OH is 1. The number of nitrogens with two attached hydrogens (primary N) is 1. The van der Waals surface area contributed by atoms with Crippen LogP contribution in [0.15, 0.2) is 48.9 Å². The molecule has 3 aromatic heterocycles. The second-order valence-electron chi connectivity index (χ2n) is 9.97. The smallest absolute Gasteiger partial charge is 0.236 e. The first-order valence-corrected chi connectivity index (χ1v) is 13.7. The number of aromatic nitrogens is 4. The molecule has 1 aromatic carbocycles. The molecule has 0 unspecified atom stereocenters. The molecule has 6 rings (SSSR count). The number of carbonyl (C=O) groups excluding carboxylic acids is 1. The van der Waals surface area contributed by atoms with Crippen molar-refractivity contribution in [1.29, 1.82) is 0 Å². The van der Waals surface area contributed by atoms with E-state index in [4.69, 9.17) is 10.7 Å². The van der Waals surface area contributed by atoms with Gasteiger partial charge in [-0.1, -0.05) is 12.1 Å². The predicted octanol–water partition coefficient (Wildman–Crippen LogP) is 3.42. The zero-order valence-electron chi connectivity index (χ0n) is 20.7. The van der Waals surface area contributed by atoms with Crippen LogP contribution in [-0.2, 0) is 4.79 Å². The first-order valence-electron chi connectivity index (χ1n) is 12.9. The number of aliphatic hydroxyl groups is 1. The molecule has 2 aliphatic heterocycles. The van der Waals surface area contributed by atoms with Crippen LogP contribution in [0, 0.1) is 0 Å². The van der Waals surface area contributed by atoms with Gasteiger partial charge in [0.2, 0.25) is 5.91 Å².